The molecule has 4 heteroatoms. The number of para-hydroxylation sites is 3. The van der Waals surface area contributed by atoms with Crippen LogP contribution in [0.5, 0.6) is 0 Å². The van der Waals surface area contributed by atoms with Crippen molar-refractivity contribution in [3.8, 4) is 27.6 Å². The summed E-state index contributed by atoms with van der Waals surface area (Å²) in [6.07, 6.45) is 0. The Balaban J connectivity index is 1.68. The van der Waals surface area contributed by atoms with Crippen molar-refractivity contribution in [1.82, 2.24) is 9.55 Å². The van der Waals surface area contributed by atoms with Crippen LogP contribution in [0.3, 0.4) is 0 Å². The lowest BCUT2D eigenvalue weighted by molar-refractivity contribution is -0.633. The molecule has 0 amide bonds. The zero-order chi connectivity index (χ0) is 28.3. The van der Waals surface area contributed by atoms with Crippen LogP contribution in [0.4, 0.5) is 0 Å². The second-order valence-electron chi connectivity index (χ2n) is 11.7. The molecule has 6 aromatic rings. The Morgan fingerprint density at radius 2 is 1.38 bits per heavy atom. The van der Waals surface area contributed by atoms with Gasteiger partial charge in [0.1, 0.15) is 10.7 Å². The van der Waals surface area contributed by atoms with E-state index in [1.54, 1.807) is 11.3 Å². The summed E-state index contributed by atoms with van der Waals surface area (Å²) in [7, 11) is 2.20. The van der Waals surface area contributed by atoms with E-state index in [2.05, 4.69) is 137 Å². The van der Waals surface area contributed by atoms with E-state index in [1.165, 1.54) is 66.2 Å². The maximum atomic E-state index is 5.21. The number of hydrogen-bond donors (Lipinski definition) is 0. The summed E-state index contributed by atoms with van der Waals surface area (Å²) >= 11 is 1.79. The third-order valence-corrected chi connectivity index (χ3v) is 9.29. The van der Waals surface area contributed by atoms with Crippen molar-refractivity contribution in [2.75, 3.05) is 0 Å². The van der Waals surface area contributed by atoms with Gasteiger partial charge in [-0.2, -0.15) is 4.57 Å². The highest BCUT2D eigenvalue weighted by Gasteiger charge is 2.31. The van der Waals surface area contributed by atoms with Gasteiger partial charge < -0.3 is 0 Å². The van der Waals surface area contributed by atoms with Crippen LogP contribution in [0.15, 0.2) is 72.8 Å². The minimum absolute atomic E-state index is 0.398. The lowest BCUT2D eigenvalue weighted by atomic mass is 9.92. The second kappa shape index (κ2) is 10.0. The molecule has 0 N–H and O–H groups in total. The van der Waals surface area contributed by atoms with Crippen LogP contribution in [0, 0.1) is 20.8 Å². The zero-order valence-electron chi connectivity index (χ0n) is 24.8. The summed E-state index contributed by atoms with van der Waals surface area (Å²) in [6, 6.07) is 26.8. The van der Waals surface area contributed by atoms with Crippen LogP contribution >= 0.6 is 11.3 Å². The van der Waals surface area contributed by atoms with Gasteiger partial charge in [-0.05, 0) is 73.6 Å². The molecular weight excluding hydrogens is 506 g/mol. The highest BCUT2D eigenvalue weighted by atomic mass is 32.1. The Kier molecular flexibility index (Phi) is 6.62. The van der Waals surface area contributed by atoms with Gasteiger partial charge in [-0.25, -0.2) is 9.55 Å². The van der Waals surface area contributed by atoms with Gasteiger partial charge in [-0.3, -0.25) is 0 Å². The monoisotopic (exact) mass is 544 g/mol. The van der Waals surface area contributed by atoms with Gasteiger partial charge in [0.15, 0.2) is 11.0 Å². The molecule has 0 aliphatic rings. The van der Waals surface area contributed by atoms with E-state index < -0.39 is 0 Å². The van der Waals surface area contributed by atoms with Crippen molar-refractivity contribution in [3.05, 3.63) is 101 Å². The molecule has 0 radical (unpaired) electrons. The fourth-order valence-corrected chi connectivity index (χ4v) is 7.41. The van der Waals surface area contributed by atoms with E-state index in [0.29, 0.717) is 11.8 Å². The third kappa shape index (κ3) is 4.17. The number of nitrogens with zero attached hydrogens (tertiary/aromatic N) is 3. The van der Waals surface area contributed by atoms with Crippen molar-refractivity contribution in [3.63, 3.8) is 0 Å². The Morgan fingerprint density at radius 3 is 2.02 bits per heavy atom. The number of fused-ring (bicyclic) bond motifs is 2. The lowest BCUT2D eigenvalue weighted by Crippen LogP contribution is -2.30. The van der Waals surface area contributed by atoms with Crippen LogP contribution < -0.4 is 4.57 Å². The van der Waals surface area contributed by atoms with E-state index >= 15 is 0 Å². The SMILES string of the molecule is Cc1cc2sc(-c3c(C)cccc3C)nc2cc1-c1n(-c2c(C(C)C)cccc2C(C)C)c2ccccc2[n+]1C. The number of thiazole rings is 1. The molecule has 2 aromatic heterocycles. The van der Waals surface area contributed by atoms with Gasteiger partial charge >= 0.3 is 0 Å². The number of hydrogen-bond acceptors (Lipinski definition) is 2. The first-order chi connectivity index (χ1) is 19.2. The number of aryl methyl sites for hydroxylation is 4. The summed E-state index contributed by atoms with van der Waals surface area (Å²) in [5.41, 5.74) is 13.9. The molecule has 0 aliphatic carbocycles. The average molecular weight is 545 g/mol. The Bertz CT molecular complexity index is 1860. The number of benzene rings is 4. The third-order valence-electron chi connectivity index (χ3n) is 8.25. The molecular formula is C36H38N3S+. The van der Waals surface area contributed by atoms with Gasteiger partial charge in [0.05, 0.1) is 22.8 Å². The molecule has 0 atom stereocenters. The topological polar surface area (TPSA) is 21.7 Å². The molecule has 4 aromatic carbocycles. The average Bonchev–Trinajstić information content (AvgIpc) is 3.45. The van der Waals surface area contributed by atoms with Crippen molar-refractivity contribution in [1.29, 1.82) is 0 Å². The van der Waals surface area contributed by atoms with E-state index in [0.717, 1.165) is 10.5 Å². The Labute approximate surface area is 241 Å². The summed E-state index contributed by atoms with van der Waals surface area (Å²) in [4.78, 5) is 5.21. The predicted octanol–water partition coefficient (Wildman–Crippen LogP) is 9.57. The summed E-state index contributed by atoms with van der Waals surface area (Å²) in [5, 5.41) is 1.10. The Morgan fingerprint density at radius 1 is 0.750 bits per heavy atom. The van der Waals surface area contributed by atoms with Crippen molar-refractivity contribution >= 4 is 32.6 Å². The number of aromatic nitrogens is 3. The Hall–Kier alpha value is -3.76. The van der Waals surface area contributed by atoms with E-state index in [9.17, 15) is 0 Å². The predicted molar refractivity (Wildman–Crippen MR) is 171 cm³/mol. The molecule has 0 spiro atoms. The molecule has 3 nitrogen and oxygen atoms in total. The highest BCUT2D eigenvalue weighted by molar-refractivity contribution is 7.21. The number of imidazole rings is 1. The molecule has 0 aliphatic heterocycles. The second-order valence-corrected chi connectivity index (χ2v) is 12.8. The van der Waals surface area contributed by atoms with Gasteiger partial charge in [-0.1, -0.05) is 76.2 Å². The van der Waals surface area contributed by atoms with Crippen molar-refractivity contribution < 1.29 is 4.57 Å². The highest BCUT2D eigenvalue weighted by Crippen LogP contribution is 2.40. The standard InChI is InChI=1S/C36H38N3S/c1-21(2)26-15-12-16-27(22(3)4)34(26)39-31-18-10-9-17-30(31)38(8)36(39)28-20-29-32(19-25(28)7)40-35(37-29)33-23(5)13-11-14-24(33)6/h9-22H,1-8H3/q+1. The largest absolute Gasteiger partial charge is 0.295 e. The van der Waals surface area contributed by atoms with E-state index in [-0.39, 0.29) is 0 Å². The summed E-state index contributed by atoms with van der Waals surface area (Å²) < 4.78 is 6.12. The quantitative estimate of drug-likeness (QED) is 0.198. The molecule has 40 heavy (non-hydrogen) atoms. The van der Waals surface area contributed by atoms with Crippen molar-refractivity contribution in [2.45, 2.75) is 60.3 Å². The molecule has 0 fully saturated rings. The molecule has 2 heterocycles. The maximum Gasteiger partial charge on any atom is 0.295 e. The van der Waals surface area contributed by atoms with E-state index in [4.69, 9.17) is 4.98 Å². The van der Waals surface area contributed by atoms with Gasteiger partial charge in [0.2, 0.25) is 0 Å². The van der Waals surface area contributed by atoms with Crippen LogP contribution in [0.2, 0.25) is 0 Å². The molecule has 0 saturated heterocycles. The number of rotatable bonds is 5. The smallest absolute Gasteiger partial charge is 0.236 e. The van der Waals surface area contributed by atoms with Crippen molar-refractivity contribution in [2.24, 2.45) is 7.05 Å². The lowest BCUT2D eigenvalue weighted by Gasteiger charge is -2.18. The van der Waals surface area contributed by atoms with Crippen LogP contribution in [-0.2, 0) is 7.05 Å². The first kappa shape index (κ1) is 26.5. The van der Waals surface area contributed by atoms with Gasteiger partial charge in [0.25, 0.3) is 5.82 Å². The summed E-state index contributed by atoms with van der Waals surface area (Å²) in [6.45, 7) is 15.8. The zero-order valence-corrected chi connectivity index (χ0v) is 25.6. The minimum atomic E-state index is 0.398. The van der Waals surface area contributed by atoms with E-state index in [1.807, 2.05) is 0 Å². The minimum Gasteiger partial charge on any atom is -0.236 e. The molecule has 202 valence electrons. The van der Waals surface area contributed by atoms with Crippen LogP contribution in [-0.4, -0.2) is 9.55 Å². The first-order valence-electron chi connectivity index (χ1n) is 14.3. The molecule has 0 saturated carbocycles. The fraction of sp³-hybridized carbons (Fsp3) is 0.278. The van der Waals surface area contributed by atoms with Gasteiger partial charge in [-0.15, -0.1) is 11.3 Å². The molecule has 0 unspecified atom stereocenters. The maximum absolute atomic E-state index is 5.21. The first-order valence-corrected chi connectivity index (χ1v) is 15.1. The summed E-state index contributed by atoms with van der Waals surface area (Å²) in [5.74, 6) is 1.99. The normalized spacial score (nSPS) is 11.9. The molecule has 0 bridgehead atoms. The van der Waals surface area contributed by atoms with Crippen LogP contribution in [0.25, 0.3) is 48.9 Å². The van der Waals surface area contributed by atoms with Crippen LogP contribution in [0.1, 0.15) is 67.3 Å². The van der Waals surface area contributed by atoms with Gasteiger partial charge in [0, 0.05) is 16.7 Å². The molecule has 6 rings (SSSR count). The fourth-order valence-electron chi connectivity index (χ4n) is 6.19.